The molecule has 0 bridgehead atoms. The smallest absolute Gasteiger partial charge is 0.221 e. The molecule has 0 radical (unpaired) electrons. The molecule has 0 aliphatic carbocycles. The van der Waals surface area contributed by atoms with Crippen LogP contribution in [-0.2, 0) is 9.53 Å². The zero-order chi connectivity index (χ0) is 15.5. The summed E-state index contributed by atoms with van der Waals surface area (Å²) in [6, 6.07) is -1.12. The Hall–Kier alpha value is -0.730. The van der Waals surface area contributed by atoms with Crippen molar-refractivity contribution in [3.05, 3.63) is 0 Å². The lowest BCUT2D eigenvalue weighted by Gasteiger charge is -2.40. The SMILES string of the molecule is CCC(C)(C)CC(=O)NC1C(O)OC(CO)C(O)C1O. The van der Waals surface area contributed by atoms with Crippen LogP contribution >= 0.6 is 0 Å². The van der Waals surface area contributed by atoms with Crippen molar-refractivity contribution in [2.75, 3.05) is 6.61 Å². The summed E-state index contributed by atoms with van der Waals surface area (Å²) in [5.41, 5.74) is -0.193. The number of rotatable bonds is 5. The molecule has 5 unspecified atom stereocenters. The van der Waals surface area contributed by atoms with Crippen LogP contribution in [0.15, 0.2) is 0 Å². The van der Waals surface area contributed by atoms with E-state index in [4.69, 9.17) is 9.84 Å². The molecule has 20 heavy (non-hydrogen) atoms. The molecular formula is C13H25NO6. The summed E-state index contributed by atoms with van der Waals surface area (Å²) < 4.78 is 4.97. The zero-order valence-corrected chi connectivity index (χ0v) is 12.1. The van der Waals surface area contributed by atoms with Crippen molar-refractivity contribution in [1.82, 2.24) is 5.32 Å². The van der Waals surface area contributed by atoms with Gasteiger partial charge >= 0.3 is 0 Å². The zero-order valence-electron chi connectivity index (χ0n) is 12.1. The van der Waals surface area contributed by atoms with E-state index in [9.17, 15) is 20.1 Å². The summed E-state index contributed by atoms with van der Waals surface area (Å²) in [5, 5.41) is 40.8. The maximum atomic E-state index is 11.9. The minimum absolute atomic E-state index is 0.193. The third-order valence-electron chi connectivity index (χ3n) is 3.82. The van der Waals surface area contributed by atoms with Gasteiger partial charge < -0.3 is 30.5 Å². The van der Waals surface area contributed by atoms with Crippen molar-refractivity contribution < 1.29 is 30.0 Å². The van der Waals surface area contributed by atoms with Gasteiger partial charge in [0.2, 0.25) is 5.91 Å². The molecule has 7 nitrogen and oxygen atoms in total. The van der Waals surface area contributed by atoms with E-state index in [1.54, 1.807) is 0 Å². The molecule has 1 aliphatic heterocycles. The molecule has 0 aromatic heterocycles. The highest BCUT2D eigenvalue weighted by Gasteiger charge is 2.44. The number of carbonyl (C=O) groups is 1. The predicted octanol–water partition coefficient (Wildman–Crippen LogP) is -1.27. The van der Waals surface area contributed by atoms with Gasteiger partial charge in [-0.05, 0) is 5.41 Å². The van der Waals surface area contributed by atoms with Crippen LogP contribution in [0.2, 0.25) is 0 Å². The normalized spacial score (nSPS) is 34.9. The minimum Gasteiger partial charge on any atom is -0.394 e. The topological polar surface area (TPSA) is 119 Å². The van der Waals surface area contributed by atoms with E-state index in [0.29, 0.717) is 0 Å². The Morgan fingerprint density at radius 2 is 1.85 bits per heavy atom. The molecule has 1 amide bonds. The molecule has 0 aromatic rings. The first-order chi connectivity index (χ1) is 9.21. The second-order valence-corrected chi connectivity index (χ2v) is 6.02. The summed E-state index contributed by atoms with van der Waals surface area (Å²) in [7, 11) is 0. The molecule has 1 rings (SSSR count). The molecule has 7 heteroatoms. The van der Waals surface area contributed by atoms with Crippen LogP contribution in [0.5, 0.6) is 0 Å². The molecule has 5 N–H and O–H groups in total. The number of amides is 1. The van der Waals surface area contributed by atoms with E-state index in [0.717, 1.165) is 6.42 Å². The van der Waals surface area contributed by atoms with Gasteiger partial charge in [-0.25, -0.2) is 0 Å². The Balaban J connectivity index is 2.65. The second kappa shape index (κ2) is 6.82. The largest absolute Gasteiger partial charge is 0.394 e. The van der Waals surface area contributed by atoms with Crippen LogP contribution in [0.25, 0.3) is 0 Å². The first kappa shape index (κ1) is 17.3. The van der Waals surface area contributed by atoms with Crippen molar-refractivity contribution in [2.45, 2.75) is 64.3 Å². The van der Waals surface area contributed by atoms with Gasteiger partial charge in [0.1, 0.15) is 24.4 Å². The maximum absolute atomic E-state index is 11.9. The van der Waals surface area contributed by atoms with Gasteiger partial charge in [0.15, 0.2) is 6.29 Å². The molecule has 0 spiro atoms. The fourth-order valence-corrected chi connectivity index (χ4v) is 2.05. The quantitative estimate of drug-likeness (QED) is 0.431. The van der Waals surface area contributed by atoms with Crippen molar-refractivity contribution in [1.29, 1.82) is 0 Å². The Labute approximate surface area is 118 Å². The number of carbonyl (C=O) groups excluding carboxylic acids is 1. The lowest BCUT2D eigenvalue weighted by molar-refractivity contribution is -0.254. The van der Waals surface area contributed by atoms with E-state index in [2.05, 4.69) is 5.32 Å². The predicted molar refractivity (Wildman–Crippen MR) is 70.6 cm³/mol. The van der Waals surface area contributed by atoms with E-state index in [-0.39, 0.29) is 17.7 Å². The number of ether oxygens (including phenoxy) is 1. The van der Waals surface area contributed by atoms with Gasteiger partial charge in [-0.2, -0.15) is 0 Å². The van der Waals surface area contributed by atoms with Crippen LogP contribution in [0.3, 0.4) is 0 Å². The highest BCUT2D eigenvalue weighted by molar-refractivity contribution is 5.77. The molecule has 1 saturated heterocycles. The van der Waals surface area contributed by atoms with Gasteiger partial charge in [0.25, 0.3) is 0 Å². The molecule has 1 aliphatic rings. The van der Waals surface area contributed by atoms with Crippen LogP contribution in [-0.4, -0.2) is 63.6 Å². The van der Waals surface area contributed by atoms with Crippen LogP contribution < -0.4 is 5.32 Å². The van der Waals surface area contributed by atoms with Gasteiger partial charge in [0.05, 0.1) is 6.61 Å². The maximum Gasteiger partial charge on any atom is 0.221 e. The average Bonchev–Trinajstić information content (AvgIpc) is 2.38. The van der Waals surface area contributed by atoms with Crippen molar-refractivity contribution in [3.8, 4) is 0 Å². The van der Waals surface area contributed by atoms with Crippen molar-refractivity contribution >= 4 is 5.91 Å². The first-order valence-corrected chi connectivity index (χ1v) is 6.81. The molecule has 118 valence electrons. The summed E-state index contributed by atoms with van der Waals surface area (Å²) in [5.74, 6) is -0.335. The molecular weight excluding hydrogens is 266 g/mol. The van der Waals surface area contributed by atoms with E-state index in [1.165, 1.54) is 0 Å². The second-order valence-electron chi connectivity index (χ2n) is 6.02. The average molecular weight is 291 g/mol. The Bertz CT molecular complexity index is 335. The summed E-state index contributed by atoms with van der Waals surface area (Å²) >= 11 is 0. The number of hydrogen-bond donors (Lipinski definition) is 5. The van der Waals surface area contributed by atoms with Crippen molar-refractivity contribution in [3.63, 3.8) is 0 Å². The first-order valence-electron chi connectivity index (χ1n) is 6.81. The van der Waals surface area contributed by atoms with Crippen LogP contribution in [0.1, 0.15) is 33.6 Å². The molecule has 5 atom stereocenters. The number of nitrogens with one attached hydrogen (secondary N) is 1. The van der Waals surface area contributed by atoms with E-state index >= 15 is 0 Å². The highest BCUT2D eigenvalue weighted by Crippen LogP contribution is 2.25. The van der Waals surface area contributed by atoms with Crippen molar-refractivity contribution in [2.24, 2.45) is 5.41 Å². The Kier molecular flexibility index (Phi) is 5.91. The van der Waals surface area contributed by atoms with Gasteiger partial charge in [-0.3, -0.25) is 4.79 Å². The van der Waals surface area contributed by atoms with E-state index < -0.39 is 37.3 Å². The number of aliphatic hydroxyl groups is 4. The third kappa shape index (κ3) is 4.13. The van der Waals surface area contributed by atoms with Gasteiger partial charge in [-0.15, -0.1) is 0 Å². The Morgan fingerprint density at radius 3 is 2.35 bits per heavy atom. The highest BCUT2D eigenvalue weighted by atomic mass is 16.6. The standard InChI is InChI=1S/C13H25NO6/c1-4-13(2,3)5-8(16)14-9-11(18)10(17)7(6-15)20-12(9)19/h7,9-12,15,17-19H,4-6H2,1-3H3,(H,14,16). The van der Waals surface area contributed by atoms with Crippen LogP contribution in [0, 0.1) is 5.41 Å². The van der Waals surface area contributed by atoms with Crippen LogP contribution in [0.4, 0.5) is 0 Å². The van der Waals surface area contributed by atoms with Gasteiger partial charge in [-0.1, -0.05) is 27.2 Å². The molecule has 1 fully saturated rings. The molecule has 1 heterocycles. The fraction of sp³-hybridized carbons (Fsp3) is 0.923. The summed E-state index contributed by atoms with van der Waals surface area (Å²) in [6.45, 7) is 5.32. The monoisotopic (exact) mass is 291 g/mol. The lowest BCUT2D eigenvalue weighted by atomic mass is 9.86. The lowest BCUT2D eigenvalue weighted by Crippen LogP contribution is -2.64. The number of hydrogen-bond acceptors (Lipinski definition) is 6. The fourth-order valence-electron chi connectivity index (χ4n) is 2.05. The molecule has 0 saturated carbocycles. The summed E-state index contributed by atoms with van der Waals surface area (Å²) in [6.07, 6.45) is -4.27. The van der Waals surface area contributed by atoms with Gasteiger partial charge in [0, 0.05) is 6.42 Å². The minimum atomic E-state index is -1.47. The van der Waals surface area contributed by atoms with E-state index in [1.807, 2.05) is 20.8 Å². The molecule has 0 aromatic carbocycles. The summed E-state index contributed by atoms with van der Waals surface area (Å²) in [4.78, 5) is 11.9. The Morgan fingerprint density at radius 1 is 1.25 bits per heavy atom. The number of aliphatic hydroxyl groups excluding tert-OH is 4. The third-order valence-corrected chi connectivity index (χ3v) is 3.82.